The minimum atomic E-state index is -0.583. The third-order valence-electron chi connectivity index (χ3n) is 4.50. The van der Waals surface area contributed by atoms with Gasteiger partial charge in [0.1, 0.15) is 11.7 Å². The van der Waals surface area contributed by atoms with Gasteiger partial charge in [-0.3, -0.25) is 14.7 Å². The van der Waals surface area contributed by atoms with Crippen molar-refractivity contribution in [3.8, 4) is 0 Å². The molecular formula is C17H20N2O3. The summed E-state index contributed by atoms with van der Waals surface area (Å²) < 4.78 is 5.00. The zero-order valence-electron chi connectivity index (χ0n) is 12.9. The number of hydrogen-bond acceptors (Lipinski definition) is 4. The Morgan fingerprint density at radius 2 is 2.23 bits per heavy atom. The fourth-order valence-corrected chi connectivity index (χ4v) is 3.44. The summed E-state index contributed by atoms with van der Waals surface area (Å²) in [5.41, 5.74) is 3.34. The molecule has 1 aliphatic rings. The maximum atomic E-state index is 12.4. The zero-order chi connectivity index (χ0) is 15.7. The minimum Gasteiger partial charge on any atom is -0.465 e. The molecule has 1 N–H and O–H groups in total. The van der Waals surface area contributed by atoms with Crippen molar-refractivity contribution in [3.05, 3.63) is 29.5 Å². The van der Waals surface area contributed by atoms with Gasteiger partial charge in [-0.25, -0.2) is 0 Å². The average Bonchev–Trinajstić information content (AvgIpc) is 2.95. The number of esters is 1. The van der Waals surface area contributed by atoms with Crippen molar-refractivity contribution >= 4 is 22.7 Å². The second-order valence-electron chi connectivity index (χ2n) is 5.88. The van der Waals surface area contributed by atoms with Crippen LogP contribution in [0.1, 0.15) is 43.2 Å². The number of nitrogens with zero attached hydrogens (tertiary/aromatic N) is 1. The molecule has 3 rings (SSSR count). The SMILES string of the molecule is CCOC(=O)C1CCC(c2c(C)ccc3[nH]ncc23)CC1=O. The number of H-pyrrole nitrogens is 1. The molecule has 5 nitrogen and oxygen atoms in total. The molecule has 1 fully saturated rings. The third-order valence-corrected chi connectivity index (χ3v) is 4.50. The summed E-state index contributed by atoms with van der Waals surface area (Å²) in [4.78, 5) is 24.2. The van der Waals surface area contributed by atoms with Gasteiger partial charge in [0.2, 0.25) is 0 Å². The molecule has 2 atom stereocenters. The number of ether oxygens (including phenoxy) is 1. The molecule has 0 saturated heterocycles. The number of Topliss-reactive ketones (excluding diaryl/α,β-unsaturated/α-hetero) is 1. The van der Waals surface area contributed by atoms with E-state index < -0.39 is 5.92 Å². The Bertz CT molecular complexity index is 720. The Morgan fingerprint density at radius 3 is 2.95 bits per heavy atom. The number of nitrogens with one attached hydrogen (secondary N) is 1. The monoisotopic (exact) mass is 300 g/mol. The van der Waals surface area contributed by atoms with Crippen LogP contribution in [0.3, 0.4) is 0 Å². The molecule has 1 aromatic carbocycles. The smallest absolute Gasteiger partial charge is 0.316 e. The molecule has 0 amide bonds. The predicted octanol–water partition coefficient (Wildman–Crippen LogP) is 2.89. The Morgan fingerprint density at radius 1 is 1.41 bits per heavy atom. The molecule has 0 spiro atoms. The number of carbonyl (C=O) groups is 2. The molecule has 116 valence electrons. The van der Waals surface area contributed by atoms with Crippen LogP contribution in [0, 0.1) is 12.8 Å². The van der Waals surface area contributed by atoms with E-state index in [0.717, 1.165) is 17.3 Å². The number of benzene rings is 1. The van der Waals surface area contributed by atoms with Crippen LogP contribution in [0.15, 0.2) is 18.3 Å². The van der Waals surface area contributed by atoms with Crippen LogP contribution in [0.2, 0.25) is 0 Å². The number of aromatic nitrogens is 2. The van der Waals surface area contributed by atoms with E-state index in [-0.39, 0.29) is 17.7 Å². The fraction of sp³-hybridized carbons (Fsp3) is 0.471. The Balaban J connectivity index is 1.86. The molecule has 22 heavy (non-hydrogen) atoms. The van der Waals surface area contributed by atoms with E-state index in [9.17, 15) is 9.59 Å². The minimum absolute atomic E-state index is 0.00500. The van der Waals surface area contributed by atoms with E-state index >= 15 is 0 Å². The number of aryl methyl sites for hydroxylation is 1. The lowest BCUT2D eigenvalue weighted by molar-refractivity contribution is -0.152. The van der Waals surface area contributed by atoms with Crippen molar-refractivity contribution in [2.75, 3.05) is 6.61 Å². The van der Waals surface area contributed by atoms with Crippen molar-refractivity contribution in [3.63, 3.8) is 0 Å². The van der Waals surface area contributed by atoms with Crippen LogP contribution >= 0.6 is 0 Å². The summed E-state index contributed by atoms with van der Waals surface area (Å²) >= 11 is 0. The van der Waals surface area contributed by atoms with Gasteiger partial charge in [-0.1, -0.05) is 6.07 Å². The van der Waals surface area contributed by atoms with Crippen molar-refractivity contribution in [2.24, 2.45) is 5.92 Å². The summed E-state index contributed by atoms with van der Waals surface area (Å²) in [6.07, 6.45) is 3.60. The maximum Gasteiger partial charge on any atom is 0.316 e. The molecular weight excluding hydrogens is 280 g/mol. The van der Waals surface area contributed by atoms with Gasteiger partial charge in [0.25, 0.3) is 0 Å². The summed E-state index contributed by atoms with van der Waals surface area (Å²) in [5.74, 6) is -0.807. The third kappa shape index (κ3) is 2.51. The van der Waals surface area contributed by atoms with Crippen LogP contribution in [0.25, 0.3) is 10.9 Å². The lowest BCUT2D eigenvalue weighted by Crippen LogP contribution is -2.31. The van der Waals surface area contributed by atoms with Crippen LogP contribution in [-0.2, 0) is 14.3 Å². The second kappa shape index (κ2) is 5.91. The second-order valence-corrected chi connectivity index (χ2v) is 5.88. The first-order valence-electron chi connectivity index (χ1n) is 7.73. The Kier molecular flexibility index (Phi) is 3.96. The highest BCUT2D eigenvalue weighted by Gasteiger charge is 2.36. The Labute approximate surface area is 129 Å². The number of rotatable bonds is 3. The molecule has 2 unspecified atom stereocenters. The highest BCUT2D eigenvalue weighted by Crippen LogP contribution is 2.38. The normalized spacial score (nSPS) is 22.0. The van der Waals surface area contributed by atoms with Crippen molar-refractivity contribution in [1.29, 1.82) is 0 Å². The molecule has 0 radical (unpaired) electrons. The first-order chi connectivity index (χ1) is 10.6. The van der Waals surface area contributed by atoms with Gasteiger partial charge in [-0.15, -0.1) is 0 Å². The molecule has 1 heterocycles. The van der Waals surface area contributed by atoms with Crippen LogP contribution in [-0.4, -0.2) is 28.6 Å². The predicted molar refractivity (Wildman–Crippen MR) is 82.6 cm³/mol. The topological polar surface area (TPSA) is 72.1 Å². The first kappa shape index (κ1) is 14.8. The number of ketones is 1. The largest absolute Gasteiger partial charge is 0.465 e. The molecule has 0 aliphatic heterocycles. The van der Waals surface area contributed by atoms with Gasteiger partial charge >= 0.3 is 5.97 Å². The van der Waals surface area contributed by atoms with Gasteiger partial charge in [0, 0.05) is 11.8 Å². The molecule has 0 bridgehead atoms. The standard InChI is InChI=1S/C17H20N2O3/c1-3-22-17(21)12-6-5-11(8-15(12)20)16-10(2)4-7-14-13(16)9-18-19-14/h4,7,9,11-12H,3,5-6,8H2,1-2H3,(H,18,19). The zero-order valence-corrected chi connectivity index (χ0v) is 12.9. The van der Waals surface area contributed by atoms with E-state index in [1.165, 1.54) is 11.1 Å². The molecule has 1 saturated carbocycles. The maximum absolute atomic E-state index is 12.4. The first-order valence-corrected chi connectivity index (χ1v) is 7.73. The van der Waals surface area contributed by atoms with E-state index in [1.807, 2.05) is 12.3 Å². The summed E-state index contributed by atoms with van der Waals surface area (Å²) in [7, 11) is 0. The lowest BCUT2D eigenvalue weighted by atomic mass is 9.76. The lowest BCUT2D eigenvalue weighted by Gasteiger charge is -2.27. The van der Waals surface area contributed by atoms with E-state index in [0.29, 0.717) is 19.4 Å². The molecule has 1 aromatic heterocycles. The van der Waals surface area contributed by atoms with Gasteiger partial charge in [0.15, 0.2) is 0 Å². The fourth-order valence-electron chi connectivity index (χ4n) is 3.44. The average molecular weight is 300 g/mol. The highest BCUT2D eigenvalue weighted by atomic mass is 16.5. The van der Waals surface area contributed by atoms with E-state index in [1.54, 1.807) is 6.92 Å². The Hall–Kier alpha value is -2.17. The summed E-state index contributed by atoms with van der Waals surface area (Å²) in [5, 5.41) is 8.15. The van der Waals surface area contributed by atoms with Gasteiger partial charge in [0.05, 0.1) is 18.3 Å². The molecule has 1 aliphatic carbocycles. The molecule has 2 aromatic rings. The van der Waals surface area contributed by atoms with Crippen molar-refractivity contribution < 1.29 is 14.3 Å². The summed E-state index contributed by atoms with van der Waals surface area (Å²) in [6, 6.07) is 4.06. The van der Waals surface area contributed by atoms with Gasteiger partial charge in [-0.05, 0) is 49.8 Å². The van der Waals surface area contributed by atoms with Crippen LogP contribution in [0.4, 0.5) is 0 Å². The molecule has 5 heteroatoms. The van der Waals surface area contributed by atoms with Gasteiger partial charge < -0.3 is 4.74 Å². The number of carbonyl (C=O) groups excluding carboxylic acids is 2. The number of hydrogen-bond donors (Lipinski definition) is 1. The highest BCUT2D eigenvalue weighted by molar-refractivity contribution is 6.00. The van der Waals surface area contributed by atoms with Crippen LogP contribution < -0.4 is 0 Å². The number of aromatic amines is 1. The quantitative estimate of drug-likeness (QED) is 0.699. The van der Waals surface area contributed by atoms with Gasteiger partial charge in [-0.2, -0.15) is 5.10 Å². The van der Waals surface area contributed by atoms with Crippen molar-refractivity contribution in [1.82, 2.24) is 10.2 Å². The van der Waals surface area contributed by atoms with Crippen LogP contribution in [0.5, 0.6) is 0 Å². The number of fused-ring (bicyclic) bond motifs is 1. The van der Waals surface area contributed by atoms with E-state index in [2.05, 4.69) is 23.2 Å². The van der Waals surface area contributed by atoms with Crippen molar-refractivity contribution in [2.45, 2.75) is 39.0 Å². The summed E-state index contributed by atoms with van der Waals surface area (Å²) in [6.45, 7) is 4.14. The van der Waals surface area contributed by atoms with E-state index in [4.69, 9.17) is 4.74 Å².